The first kappa shape index (κ1) is 15.5. The number of hydrogen-bond acceptors (Lipinski definition) is 5. The van der Waals surface area contributed by atoms with Gasteiger partial charge in [0.2, 0.25) is 5.91 Å². The fraction of sp³-hybridized carbons (Fsp3) is 0.688. The van der Waals surface area contributed by atoms with Crippen LogP contribution in [0.4, 0.5) is 0 Å². The summed E-state index contributed by atoms with van der Waals surface area (Å²) in [5, 5.41) is 0. The van der Waals surface area contributed by atoms with E-state index >= 15 is 0 Å². The summed E-state index contributed by atoms with van der Waals surface area (Å²) in [5.41, 5.74) is 0. The van der Waals surface area contributed by atoms with Gasteiger partial charge in [0.25, 0.3) is 0 Å². The SMILES string of the molecule is CN(C)C(=O)CO[C@@H]1CC[C@H]2[C@H]1OCCN2Cc1ccco1. The summed E-state index contributed by atoms with van der Waals surface area (Å²) in [5.74, 6) is 0.972. The number of morpholine rings is 1. The Balaban J connectivity index is 1.57. The number of ether oxygens (including phenoxy) is 2. The molecule has 1 aliphatic carbocycles. The molecule has 6 heteroatoms. The van der Waals surface area contributed by atoms with E-state index in [4.69, 9.17) is 13.9 Å². The molecule has 1 saturated heterocycles. The molecule has 1 aromatic heterocycles. The van der Waals surface area contributed by atoms with Crippen LogP contribution in [0.3, 0.4) is 0 Å². The van der Waals surface area contributed by atoms with E-state index in [1.54, 1.807) is 25.3 Å². The molecule has 1 amide bonds. The lowest BCUT2D eigenvalue weighted by Gasteiger charge is -2.38. The minimum atomic E-state index is -0.00768. The third kappa shape index (κ3) is 3.34. The van der Waals surface area contributed by atoms with Crippen LogP contribution in [0.5, 0.6) is 0 Å². The first-order valence-electron chi connectivity index (χ1n) is 7.85. The summed E-state index contributed by atoms with van der Waals surface area (Å²) in [6.07, 6.45) is 3.74. The quantitative estimate of drug-likeness (QED) is 0.816. The molecule has 0 radical (unpaired) electrons. The Hall–Kier alpha value is -1.37. The average Bonchev–Trinajstić information content (AvgIpc) is 3.14. The van der Waals surface area contributed by atoms with Gasteiger partial charge in [-0.3, -0.25) is 9.69 Å². The number of hydrogen-bond donors (Lipinski definition) is 0. The van der Waals surface area contributed by atoms with Crippen LogP contribution in [0.2, 0.25) is 0 Å². The molecule has 3 atom stereocenters. The monoisotopic (exact) mass is 308 g/mol. The summed E-state index contributed by atoms with van der Waals surface area (Å²) in [6.45, 7) is 2.54. The summed E-state index contributed by atoms with van der Waals surface area (Å²) in [4.78, 5) is 15.6. The maximum atomic E-state index is 11.7. The second-order valence-electron chi connectivity index (χ2n) is 6.17. The van der Waals surface area contributed by atoms with Crippen molar-refractivity contribution >= 4 is 5.91 Å². The molecular formula is C16H24N2O4. The van der Waals surface area contributed by atoms with Crippen LogP contribution in [-0.4, -0.2) is 67.8 Å². The molecule has 2 heterocycles. The number of fused-ring (bicyclic) bond motifs is 1. The predicted molar refractivity (Wildman–Crippen MR) is 80.3 cm³/mol. The van der Waals surface area contributed by atoms with Crippen molar-refractivity contribution in [1.29, 1.82) is 0 Å². The van der Waals surface area contributed by atoms with Gasteiger partial charge in [0.15, 0.2) is 0 Å². The van der Waals surface area contributed by atoms with Crippen molar-refractivity contribution in [3.63, 3.8) is 0 Å². The first-order chi connectivity index (χ1) is 10.6. The van der Waals surface area contributed by atoms with Gasteiger partial charge in [0, 0.05) is 26.7 Å². The van der Waals surface area contributed by atoms with Gasteiger partial charge >= 0.3 is 0 Å². The molecule has 0 unspecified atom stereocenters. The molecular weight excluding hydrogens is 284 g/mol. The van der Waals surface area contributed by atoms with Crippen LogP contribution < -0.4 is 0 Å². The molecule has 0 aromatic carbocycles. The molecule has 22 heavy (non-hydrogen) atoms. The highest BCUT2D eigenvalue weighted by atomic mass is 16.5. The minimum Gasteiger partial charge on any atom is -0.468 e. The van der Waals surface area contributed by atoms with Crippen LogP contribution in [0, 0.1) is 0 Å². The zero-order chi connectivity index (χ0) is 15.5. The van der Waals surface area contributed by atoms with Crippen molar-refractivity contribution in [2.75, 3.05) is 33.9 Å². The van der Waals surface area contributed by atoms with Gasteiger partial charge < -0.3 is 18.8 Å². The third-order valence-electron chi connectivity index (χ3n) is 4.51. The van der Waals surface area contributed by atoms with Gasteiger partial charge in [-0.2, -0.15) is 0 Å². The van der Waals surface area contributed by atoms with Gasteiger partial charge in [0.1, 0.15) is 12.4 Å². The largest absolute Gasteiger partial charge is 0.468 e. The molecule has 1 aliphatic heterocycles. The Labute approximate surface area is 131 Å². The highest BCUT2D eigenvalue weighted by Gasteiger charge is 2.43. The molecule has 2 fully saturated rings. The fourth-order valence-corrected chi connectivity index (χ4v) is 3.28. The van der Waals surface area contributed by atoms with E-state index in [9.17, 15) is 4.79 Å². The van der Waals surface area contributed by atoms with E-state index in [1.807, 2.05) is 12.1 Å². The van der Waals surface area contributed by atoms with Crippen LogP contribution >= 0.6 is 0 Å². The van der Waals surface area contributed by atoms with Crippen molar-refractivity contribution in [2.24, 2.45) is 0 Å². The maximum Gasteiger partial charge on any atom is 0.248 e. The molecule has 6 nitrogen and oxygen atoms in total. The van der Waals surface area contributed by atoms with E-state index in [0.717, 1.165) is 31.7 Å². The molecule has 0 N–H and O–H groups in total. The topological polar surface area (TPSA) is 55.2 Å². The Kier molecular flexibility index (Phi) is 4.81. The fourth-order valence-electron chi connectivity index (χ4n) is 3.28. The number of furan rings is 1. The van der Waals surface area contributed by atoms with Crippen molar-refractivity contribution < 1.29 is 18.7 Å². The van der Waals surface area contributed by atoms with Gasteiger partial charge in [0.05, 0.1) is 31.6 Å². The summed E-state index contributed by atoms with van der Waals surface area (Å²) < 4.78 is 17.2. The lowest BCUT2D eigenvalue weighted by atomic mass is 10.1. The zero-order valence-electron chi connectivity index (χ0n) is 13.2. The lowest BCUT2D eigenvalue weighted by Crippen LogP contribution is -2.51. The zero-order valence-corrected chi connectivity index (χ0v) is 13.2. The molecule has 0 spiro atoms. The molecule has 1 saturated carbocycles. The van der Waals surface area contributed by atoms with E-state index in [0.29, 0.717) is 12.6 Å². The Morgan fingerprint density at radius 2 is 2.32 bits per heavy atom. The molecule has 1 aromatic rings. The number of amides is 1. The van der Waals surface area contributed by atoms with Crippen LogP contribution in [0.25, 0.3) is 0 Å². The van der Waals surface area contributed by atoms with Gasteiger partial charge in [-0.05, 0) is 25.0 Å². The highest BCUT2D eigenvalue weighted by molar-refractivity contribution is 5.76. The van der Waals surface area contributed by atoms with Crippen LogP contribution in [0.1, 0.15) is 18.6 Å². The molecule has 3 rings (SSSR count). The summed E-state index contributed by atoms with van der Waals surface area (Å²) >= 11 is 0. The normalized spacial score (nSPS) is 28.5. The van der Waals surface area contributed by atoms with E-state index in [-0.39, 0.29) is 24.7 Å². The first-order valence-corrected chi connectivity index (χ1v) is 7.85. The van der Waals surface area contributed by atoms with Gasteiger partial charge in [-0.1, -0.05) is 0 Å². The predicted octanol–water partition coefficient (Wildman–Crippen LogP) is 1.12. The molecule has 2 aliphatic rings. The summed E-state index contributed by atoms with van der Waals surface area (Å²) in [6, 6.07) is 4.27. The second kappa shape index (κ2) is 6.81. The number of likely N-dealkylation sites (N-methyl/N-ethyl adjacent to an activating group) is 1. The van der Waals surface area contributed by atoms with Crippen molar-refractivity contribution in [2.45, 2.75) is 37.6 Å². The highest BCUT2D eigenvalue weighted by Crippen LogP contribution is 2.33. The van der Waals surface area contributed by atoms with Crippen molar-refractivity contribution in [1.82, 2.24) is 9.80 Å². The molecule has 0 bridgehead atoms. The number of carbonyl (C=O) groups excluding carboxylic acids is 1. The van der Waals surface area contributed by atoms with Gasteiger partial charge in [-0.15, -0.1) is 0 Å². The number of carbonyl (C=O) groups is 1. The van der Waals surface area contributed by atoms with E-state index in [1.165, 1.54) is 0 Å². The van der Waals surface area contributed by atoms with E-state index in [2.05, 4.69) is 4.90 Å². The minimum absolute atomic E-state index is 0.00768. The molecule has 122 valence electrons. The Bertz CT molecular complexity index is 488. The number of nitrogens with zero attached hydrogens (tertiary/aromatic N) is 2. The van der Waals surface area contributed by atoms with Crippen molar-refractivity contribution in [3.05, 3.63) is 24.2 Å². The van der Waals surface area contributed by atoms with Gasteiger partial charge in [-0.25, -0.2) is 0 Å². The third-order valence-corrected chi connectivity index (χ3v) is 4.51. The lowest BCUT2D eigenvalue weighted by molar-refractivity contribution is -0.144. The van der Waals surface area contributed by atoms with Crippen molar-refractivity contribution in [3.8, 4) is 0 Å². The average molecular weight is 308 g/mol. The smallest absolute Gasteiger partial charge is 0.248 e. The Morgan fingerprint density at radius 3 is 3.05 bits per heavy atom. The van der Waals surface area contributed by atoms with Crippen LogP contribution in [0.15, 0.2) is 22.8 Å². The van der Waals surface area contributed by atoms with E-state index < -0.39 is 0 Å². The standard InChI is InChI=1S/C16H24N2O4/c1-17(2)15(19)11-22-14-6-5-13-16(14)21-9-7-18(13)10-12-4-3-8-20-12/h3-4,8,13-14,16H,5-7,9-11H2,1-2H3/t13-,14+,16+/m0/s1. The van der Waals surface area contributed by atoms with Crippen LogP contribution in [-0.2, 0) is 20.8 Å². The number of rotatable bonds is 5. The maximum absolute atomic E-state index is 11.7. The summed E-state index contributed by atoms with van der Waals surface area (Å²) in [7, 11) is 3.48. The Morgan fingerprint density at radius 1 is 1.45 bits per heavy atom. The second-order valence-corrected chi connectivity index (χ2v) is 6.17.